The Morgan fingerprint density at radius 1 is 1.00 bits per heavy atom. The topological polar surface area (TPSA) is 130 Å². The molecule has 0 fully saturated rings. The number of hydrogen-bond acceptors (Lipinski definition) is 7. The fourth-order valence-electron chi connectivity index (χ4n) is 1.09. The molecule has 0 aromatic heterocycles. The van der Waals surface area contributed by atoms with E-state index in [1.165, 1.54) is 13.8 Å². The summed E-state index contributed by atoms with van der Waals surface area (Å²) in [7, 11) is -4.62. The number of carbonyl (C=O) groups is 2. The summed E-state index contributed by atoms with van der Waals surface area (Å²) < 4.78 is 20.2. The molecule has 0 aromatic carbocycles. The van der Waals surface area contributed by atoms with Gasteiger partial charge in [0.2, 0.25) is 0 Å². The highest BCUT2D eigenvalue weighted by Crippen LogP contribution is 2.43. The quantitative estimate of drug-likeness (QED) is 0.382. The largest absolute Gasteiger partial charge is 0.472 e. The lowest BCUT2D eigenvalue weighted by Crippen LogP contribution is -2.28. The summed E-state index contributed by atoms with van der Waals surface area (Å²) in [4.78, 5) is 31.8. The molecule has 8 nitrogen and oxygen atoms in total. The Bertz CT molecular complexity index is 444. The molecule has 0 aliphatic rings. The standard InChI is InChI=1S/C12H19O8P/c1-7(2)11(15)9(13)5-19-21(17,18)20-6-10(14)12(16)8(3)4/h9-10,13-14H,1,3,5-6H2,2,4H3,(H,17,18). The molecule has 0 saturated heterocycles. The lowest BCUT2D eigenvalue weighted by atomic mass is 10.1. The predicted octanol–water partition coefficient (Wildman–Crippen LogP) is 0.132. The van der Waals surface area contributed by atoms with Crippen LogP contribution in [-0.4, -0.2) is 52.1 Å². The van der Waals surface area contributed by atoms with Crippen molar-refractivity contribution in [1.82, 2.24) is 0 Å². The molecule has 0 bridgehead atoms. The lowest BCUT2D eigenvalue weighted by molar-refractivity contribution is -0.125. The minimum atomic E-state index is -4.62. The summed E-state index contributed by atoms with van der Waals surface area (Å²) in [6.07, 6.45) is -3.32. The normalized spacial score (nSPS) is 16.6. The Morgan fingerprint density at radius 2 is 1.29 bits per heavy atom. The molecule has 0 saturated carbocycles. The van der Waals surface area contributed by atoms with Crippen molar-refractivity contribution in [2.45, 2.75) is 26.1 Å². The lowest BCUT2D eigenvalue weighted by Gasteiger charge is -2.16. The van der Waals surface area contributed by atoms with Crippen molar-refractivity contribution >= 4 is 19.4 Å². The van der Waals surface area contributed by atoms with Crippen LogP contribution in [0.25, 0.3) is 0 Å². The molecule has 0 heterocycles. The van der Waals surface area contributed by atoms with Gasteiger partial charge in [-0.2, -0.15) is 0 Å². The minimum Gasteiger partial charge on any atom is -0.382 e. The molecule has 0 aliphatic heterocycles. The van der Waals surface area contributed by atoms with E-state index in [1.807, 2.05) is 0 Å². The van der Waals surface area contributed by atoms with E-state index in [2.05, 4.69) is 22.2 Å². The van der Waals surface area contributed by atoms with Crippen LogP contribution >= 0.6 is 7.82 Å². The number of aliphatic hydroxyl groups excluding tert-OH is 2. The van der Waals surface area contributed by atoms with Crippen LogP contribution < -0.4 is 0 Å². The van der Waals surface area contributed by atoms with Crippen molar-refractivity contribution in [1.29, 1.82) is 0 Å². The Kier molecular flexibility index (Phi) is 7.87. The van der Waals surface area contributed by atoms with E-state index in [9.17, 15) is 29.3 Å². The van der Waals surface area contributed by atoms with Gasteiger partial charge in [0, 0.05) is 0 Å². The summed E-state index contributed by atoms with van der Waals surface area (Å²) >= 11 is 0. The number of aliphatic hydroxyl groups is 2. The van der Waals surface area contributed by atoms with Gasteiger partial charge in [0.1, 0.15) is 12.2 Å². The number of rotatable bonds is 10. The van der Waals surface area contributed by atoms with E-state index in [4.69, 9.17) is 0 Å². The summed E-state index contributed by atoms with van der Waals surface area (Å²) in [6.45, 7) is 7.77. The average Bonchev–Trinajstić information content (AvgIpc) is 2.40. The molecule has 2 atom stereocenters. The zero-order valence-electron chi connectivity index (χ0n) is 11.8. The fraction of sp³-hybridized carbons (Fsp3) is 0.500. The van der Waals surface area contributed by atoms with Gasteiger partial charge in [-0.25, -0.2) is 4.57 Å². The van der Waals surface area contributed by atoms with Gasteiger partial charge in [0.05, 0.1) is 13.2 Å². The second kappa shape index (κ2) is 8.33. The van der Waals surface area contributed by atoms with Crippen LogP contribution in [0, 0.1) is 0 Å². The summed E-state index contributed by atoms with van der Waals surface area (Å²) in [5.41, 5.74) is 0.115. The first-order valence-corrected chi connectivity index (χ1v) is 7.35. The van der Waals surface area contributed by atoms with E-state index in [0.717, 1.165) is 0 Å². The molecular weight excluding hydrogens is 303 g/mol. The van der Waals surface area contributed by atoms with Crippen molar-refractivity contribution in [3.8, 4) is 0 Å². The maximum atomic E-state index is 11.4. The van der Waals surface area contributed by atoms with Gasteiger partial charge in [-0.15, -0.1) is 0 Å². The average molecular weight is 322 g/mol. The van der Waals surface area contributed by atoms with Crippen LogP contribution in [0.15, 0.2) is 24.3 Å². The van der Waals surface area contributed by atoms with Gasteiger partial charge in [-0.1, -0.05) is 13.2 Å². The van der Waals surface area contributed by atoms with E-state index in [1.54, 1.807) is 0 Å². The van der Waals surface area contributed by atoms with Gasteiger partial charge < -0.3 is 15.1 Å². The van der Waals surface area contributed by atoms with Crippen LogP contribution in [0.5, 0.6) is 0 Å². The third-order valence-electron chi connectivity index (χ3n) is 2.24. The molecule has 120 valence electrons. The van der Waals surface area contributed by atoms with Crippen LogP contribution in [0.2, 0.25) is 0 Å². The van der Waals surface area contributed by atoms with Gasteiger partial charge in [0.25, 0.3) is 0 Å². The molecule has 0 radical (unpaired) electrons. The highest BCUT2D eigenvalue weighted by Gasteiger charge is 2.28. The fourth-order valence-corrected chi connectivity index (χ4v) is 1.82. The second-order valence-electron chi connectivity index (χ2n) is 4.38. The highest BCUT2D eigenvalue weighted by molar-refractivity contribution is 7.47. The molecular formula is C12H19O8P. The number of ketones is 2. The Balaban J connectivity index is 4.36. The molecule has 0 amide bonds. The molecule has 3 N–H and O–H groups in total. The number of phosphoric acid groups is 1. The van der Waals surface area contributed by atoms with E-state index in [0.29, 0.717) is 0 Å². The molecule has 0 aliphatic carbocycles. The zero-order valence-corrected chi connectivity index (χ0v) is 12.7. The minimum absolute atomic E-state index is 0.0577. The zero-order chi connectivity index (χ0) is 16.8. The Labute approximate surface area is 122 Å². The molecule has 9 heteroatoms. The van der Waals surface area contributed by atoms with E-state index in [-0.39, 0.29) is 11.1 Å². The summed E-state index contributed by atoms with van der Waals surface area (Å²) in [5, 5.41) is 18.7. The first kappa shape index (κ1) is 19.9. The van der Waals surface area contributed by atoms with Crippen LogP contribution in [0.3, 0.4) is 0 Å². The molecule has 0 aromatic rings. The first-order chi connectivity index (χ1) is 9.48. The second-order valence-corrected chi connectivity index (χ2v) is 5.83. The van der Waals surface area contributed by atoms with Crippen molar-refractivity contribution in [3.63, 3.8) is 0 Å². The predicted molar refractivity (Wildman–Crippen MR) is 73.4 cm³/mol. The first-order valence-electron chi connectivity index (χ1n) is 5.85. The number of phosphoric ester groups is 1. The maximum absolute atomic E-state index is 11.4. The SMILES string of the molecule is C=C(C)C(=O)C(O)COP(=O)(O)OCC(O)C(=O)C(=C)C. The summed E-state index contributed by atoms with van der Waals surface area (Å²) in [6, 6.07) is 0. The van der Waals surface area contributed by atoms with Crippen LogP contribution in [0.1, 0.15) is 13.8 Å². The van der Waals surface area contributed by atoms with Gasteiger partial charge in [0.15, 0.2) is 11.6 Å². The van der Waals surface area contributed by atoms with Crippen molar-refractivity contribution in [2.75, 3.05) is 13.2 Å². The van der Waals surface area contributed by atoms with Crippen molar-refractivity contribution < 1.29 is 38.3 Å². The number of Topliss-reactive ketones (excluding diaryl/α,β-unsaturated/α-hetero) is 2. The van der Waals surface area contributed by atoms with Crippen LogP contribution in [0.4, 0.5) is 0 Å². The van der Waals surface area contributed by atoms with Gasteiger partial charge in [-0.3, -0.25) is 18.6 Å². The number of hydrogen-bond donors (Lipinski definition) is 3. The molecule has 2 unspecified atom stereocenters. The smallest absolute Gasteiger partial charge is 0.382 e. The molecule has 21 heavy (non-hydrogen) atoms. The number of carbonyl (C=O) groups excluding carboxylic acids is 2. The van der Waals surface area contributed by atoms with Gasteiger partial charge in [-0.05, 0) is 25.0 Å². The Hall–Kier alpha value is -1.15. The monoisotopic (exact) mass is 322 g/mol. The van der Waals surface area contributed by atoms with Crippen molar-refractivity contribution in [2.24, 2.45) is 0 Å². The third-order valence-corrected chi connectivity index (χ3v) is 3.19. The van der Waals surface area contributed by atoms with E-state index >= 15 is 0 Å². The third kappa shape index (κ3) is 7.42. The molecule has 0 spiro atoms. The summed E-state index contributed by atoms with van der Waals surface area (Å²) in [5.74, 6) is -1.49. The Morgan fingerprint density at radius 3 is 1.52 bits per heavy atom. The van der Waals surface area contributed by atoms with Gasteiger partial charge >= 0.3 is 7.82 Å². The molecule has 0 rings (SSSR count). The van der Waals surface area contributed by atoms with Crippen LogP contribution in [-0.2, 0) is 23.2 Å². The van der Waals surface area contributed by atoms with Crippen molar-refractivity contribution in [3.05, 3.63) is 24.3 Å². The highest BCUT2D eigenvalue weighted by atomic mass is 31.2. The maximum Gasteiger partial charge on any atom is 0.472 e. The van der Waals surface area contributed by atoms with E-state index < -0.39 is 44.8 Å².